The summed E-state index contributed by atoms with van der Waals surface area (Å²) in [5, 5.41) is 3.36. The molecular formula is C14H17N3O3. The van der Waals surface area contributed by atoms with E-state index in [-0.39, 0.29) is 29.2 Å². The average molecular weight is 275 g/mol. The molecule has 0 radical (unpaired) electrons. The fourth-order valence-electron chi connectivity index (χ4n) is 4.15. The third-order valence-corrected chi connectivity index (χ3v) is 5.29. The molecule has 1 aliphatic carbocycles. The molecule has 20 heavy (non-hydrogen) atoms. The van der Waals surface area contributed by atoms with Crippen molar-refractivity contribution in [1.82, 2.24) is 10.2 Å². The first-order valence-corrected chi connectivity index (χ1v) is 6.84. The summed E-state index contributed by atoms with van der Waals surface area (Å²) < 4.78 is 5.81. The smallest absolute Gasteiger partial charge is 0.207 e. The van der Waals surface area contributed by atoms with Crippen LogP contribution in [0.25, 0.3) is 0 Å². The van der Waals surface area contributed by atoms with E-state index in [4.69, 9.17) is 10.5 Å². The Bertz CT molecular complexity index is 636. The van der Waals surface area contributed by atoms with Gasteiger partial charge < -0.3 is 20.7 Å². The molecule has 6 heteroatoms. The van der Waals surface area contributed by atoms with E-state index in [1.54, 1.807) is 14.0 Å². The zero-order valence-electron chi connectivity index (χ0n) is 11.7. The van der Waals surface area contributed by atoms with Crippen LogP contribution in [-0.2, 0) is 14.3 Å². The maximum absolute atomic E-state index is 12.6. The highest BCUT2D eigenvalue weighted by atomic mass is 16.5. The molecule has 3 N–H and O–H groups in total. The maximum Gasteiger partial charge on any atom is 0.207 e. The minimum absolute atomic E-state index is 0.0772. The first-order chi connectivity index (χ1) is 9.45. The number of hydrogen-bond acceptors (Lipinski definition) is 6. The number of Topliss-reactive ketones (excluding diaryl/α,β-unsaturated/α-hetero) is 2. The molecule has 4 aliphatic rings. The van der Waals surface area contributed by atoms with Gasteiger partial charge in [0.15, 0.2) is 5.72 Å². The highest BCUT2D eigenvalue weighted by molar-refractivity contribution is 6.25. The van der Waals surface area contributed by atoms with E-state index >= 15 is 0 Å². The number of ketones is 2. The number of allylic oxidation sites excluding steroid dienone is 2. The highest BCUT2D eigenvalue weighted by Gasteiger charge is 2.71. The molecule has 2 fully saturated rings. The van der Waals surface area contributed by atoms with Gasteiger partial charge in [-0.2, -0.15) is 0 Å². The number of carbonyl (C=O) groups excluding carboxylic acids is 2. The van der Waals surface area contributed by atoms with E-state index in [0.717, 1.165) is 0 Å². The fourth-order valence-corrected chi connectivity index (χ4v) is 4.15. The molecule has 0 amide bonds. The van der Waals surface area contributed by atoms with Gasteiger partial charge in [-0.25, -0.2) is 0 Å². The van der Waals surface area contributed by atoms with Crippen LogP contribution >= 0.6 is 0 Å². The molecule has 0 bridgehead atoms. The standard InChI is InChI=1S/C14H17N3O3/c1-5-9(15)12(19)8-6(2)14(20-3)13-7(16-13)4-17(14)10(8)11(5)18/h6-7,13,16H,4,15H2,1-3H3. The summed E-state index contributed by atoms with van der Waals surface area (Å²) in [7, 11) is 1.64. The average Bonchev–Trinajstić information content (AvgIpc) is 3.06. The number of rotatable bonds is 1. The predicted molar refractivity (Wildman–Crippen MR) is 70.2 cm³/mol. The lowest BCUT2D eigenvalue weighted by molar-refractivity contribution is -0.128. The Morgan fingerprint density at radius 2 is 2.10 bits per heavy atom. The number of nitrogens with one attached hydrogen (secondary N) is 1. The summed E-state index contributed by atoms with van der Waals surface area (Å²) in [6.45, 7) is 4.26. The Labute approximate surface area is 116 Å². The van der Waals surface area contributed by atoms with Gasteiger partial charge in [0.1, 0.15) is 0 Å². The largest absolute Gasteiger partial charge is 0.395 e. The van der Waals surface area contributed by atoms with Gasteiger partial charge in [0, 0.05) is 36.8 Å². The quantitative estimate of drug-likeness (QED) is 0.484. The zero-order chi connectivity index (χ0) is 14.4. The van der Waals surface area contributed by atoms with Crippen LogP contribution in [-0.4, -0.2) is 47.9 Å². The van der Waals surface area contributed by atoms with Crippen LogP contribution in [0.4, 0.5) is 0 Å². The van der Waals surface area contributed by atoms with E-state index in [1.165, 1.54) is 0 Å². The monoisotopic (exact) mass is 275 g/mol. The Morgan fingerprint density at radius 3 is 2.75 bits per heavy atom. The van der Waals surface area contributed by atoms with Crippen LogP contribution in [0.3, 0.4) is 0 Å². The van der Waals surface area contributed by atoms with E-state index in [1.807, 2.05) is 11.8 Å². The van der Waals surface area contributed by atoms with Gasteiger partial charge in [-0.1, -0.05) is 6.92 Å². The molecule has 0 spiro atoms. The first-order valence-electron chi connectivity index (χ1n) is 6.84. The molecule has 3 heterocycles. The van der Waals surface area contributed by atoms with E-state index in [9.17, 15) is 9.59 Å². The summed E-state index contributed by atoms with van der Waals surface area (Å²) in [4.78, 5) is 27.0. The zero-order valence-corrected chi connectivity index (χ0v) is 11.7. The summed E-state index contributed by atoms with van der Waals surface area (Å²) in [5.41, 5.74) is 6.64. The van der Waals surface area contributed by atoms with Crippen LogP contribution in [0.5, 0.6) is 0 Å². The van der Waals surface area contributed by atoms with Crippen molar-refractivity contribution < 1.29 is 14.3 Å². The number of nitrogens with two attached hydrogens (primary N) is 1. The van der Waals surface area contributed by atoms with Gasteiger partial charge in [0.2, 0.25) is 11.6 Å². The highest BCUT2D eigenvalue weighted by Crippen LogP contribution is 2.55. The molecule has 0 saturated carbocycles. The first kappa shape index (κ1) is 12.1. The third kappa shape index (κ3) is 1.02. The number of carbonyl (C=O) groups is 2. The second-order valence-electron chi connectivity index (χ2n) is 6.00. The van der Waals surface area contributed by atoms with Gasteiger partial charge in [0.05, 0.1) is 17.4 Å². The number of hydrogen-bond donors (Lipinski definition) is 2. The molecule has 0 aromatic rings. The molecule has 106 valence electrons. The maximum atomic E-state index is 12.6. The topological polar surface area (TPSA) is 94.6 Å². The summed E-state index contributed by atoms with van der Waals surface area (Å²) >= 11 is 0. The van der Waals surface area contributed by atoms with Crippen molar-refractivity contribution >= 4 is 11.6 Å². The van der Waals surface area contributed by atoms with Gasteiger partial charge in [0.25, 0.3) is 0 Å². The molecule has 6 nitrogen and oxygen atoms in total. The van der Waals surface area contributed by atoms with Crippen LogP contribution in [0, 0.1) is 5.92 Å². The molecular weight excluding hydrogens is 258 g/mol. The summed E-state index contributed by atoms with van der Waals surface area (Å²) in [6, 6.07) is 0.521. The second-order valence-corrected chi connectivity index (χ2v) is 6.00. The molecule has 0 aromatic heterocycles. The van der Waals surface area contributed by atoms with Crippen molar-refractivity contribution in [3.05, 3.63) is 22.5 Å². The number of methoxy groups -OCH3 is 1. The van der Waals surface area contributed by atoms with Gasteiger partial charge >= 0.3 is 0 Å². The lowest BCUT2D eigenvalue weighted by atomic mass is 9.83. The van der Waals surface area contributed by atoms with Crippen LogP contribution < -0.4 is 11.1 Å². The van der Waals surface area contributed by atoms with Crippen molar-refractivity contribution in [3.63, 3.8) is 0 Å². The lowest BCUT2D eigenvalue weighted by Crippen LogP contribution is -2.53. The molecule has 4 atom stereocenters. The predicted octanol–water partition coefficient (Wildman–Crippen LogP) is -0.727. The number of ether oxygens (including phenoxy) is 1. The van der Waals surface area contributed by atoms with Crippen molar-refractivity contribution in [3.8, 4) is 0 Å². The van der Waals surface area contributed by atoms with Crippen LogP contribution in [0.1, 0.15) is 13.8 Å². The van der Waals surface area contributed by atoms with E-state index in [0.29, 0.717) is 29.4 Å². The lowest BCUT2D eigenvalue weighted by Gasteiger charge is -2.38. The molecule has 2 saturated heterocycles. The van der Waals surface area contributed by atoms with E-state index in [2.05, 4.69) is 5.32 Å². The van der Waals surface area contributed by atoms with E-state index < -0.39 is 5.72 Å². The molecule has 4 unspecified atom stereocenters. The second kappa shape index (κ2) is 3.32. The minimum atomic E-state index is -0.619. The van der Waals surface area contributed by atoms with Gasteiger partial charge in [-0.3, -0.25) is 9.59 Å². The Kier molecular flexibility index (Phi) is 2.01. The third-order valence-electron chi connectivity index (χ3n) is 5.29. The minimum Gasteiger partial charge on any atom is -0.395 e. The van der Waals surface area contributed by atoms with Crippen LogP contribution in [0.2, 0.25) is 0 Å². The van der Waals surface area contributed by atoms with Crippen LogP contribution in [0.15, 0.2) is 22.5 Å². The molecule has 0 aromatic carbocycles. The Balaban J connectivity index is 1.90. The SMILES string of the molecule is COC12C(C)C3=C(C(=O)C(C)=C(N)C3=O)N1CC1NC12. The van der Waals surface area contributed by atoms with Crippen molar-refractivity contribution in [2.45, 2.75) is 31.7 Å². The van der Waals surface area contributed by atoms with Crippen molar-refractivity contribution in [2.24, 2.45) is 11.7 Å². The van der Waals surface area contributed by atoms with Crippen molar-refractivity contribution in [2.75, 3.05) is 13.7 Å². The number of nitrogens with zero attached hydrogens (tertiary/aromatic N) is 1. The van der Waals surface area contributed by atoms with Crippen molar-refractivity contribution in [1.29, 1.82) is 0 Å². The molecule has 3 aliphatic heterocycles. The molecule has 4 rings (SSSR count). The normalized spacial score (nSPS) is 42.1. The van der Waals surface area contributed by atoms with Gasteiger partial charge in [-0.05, 0) is 6.92 Å². The Morgan fingerprint density at radius 1 is 1.40 bits per heavy atom. The van der Waals surface area contributed by atoms with Gasteiger partial charge in [-0.15, -0.1) is 0 Å². The summed E-state index contributed by atoms with van der Waals surface area (Å²) in [6.07, 6.45) is 0. The number of fused-ring (bicyclic) bond motifs is 4. The fraction of sp³-hybridized carbons (Fsp3) is 0.571. The summed E-state index contributed by atoms with van der Waals surface area (Å²) in [5.74, 6) is -0.521. The Hall–Kier alpha value is -1.66. The number of piperazine rings is 1.